The van der Waals surface area contributed by atoms with Crippen LogP contribution < -0.4 is 5.32 Å². The van der Waals surface area contributed by atoms with Gasteiger partial charge in [0.2, 0.25) is 0 Å². The van der Waals surface area contributed by atoms with Crippen molar-refractivity contribution in [2.75, 3.05) is 12.4 Å². The second kappa shape index (κ2) is 13.1. The number of rotatable bonds is 4. The highest BCUT2D eigenvalue weighted by molar-refractivity contribution is 5.98. The summed E-state index contributed by atoms with van der Waals surface area (Å²) in [5.41, 5.74) is 7.68. The van der Waals surface area contributed by atoms with Crippen molar-refractivity contribution in [2.45, 2.75) is 6.92 Å². The van der Waals surface area contributed by atoms with Crippen molar-refractivity contribution in [1.29, 1.82) is 0 Å². The molecule has 0 aliphatic rings. The molecular weight excluding hydrogens is 547 g/mol. The fourth-order valence-electron chi connectivity index (χ4n) is 4.47. The number of aromatic amines is 2. The molecule has 0 unspecified atom stereocenters. The Morgan fingerprint density at radius 1 is 0.837 bits per heavy atom. The summed E-state index contributed by atoms with van der Waals surface area (Å²) >= 11 is 0. The summed E-state index contributed by atoms with van der Waals surface area (Å²) in [6.07, 6.45) is 8.14. The molecule has 5 aromatic heterocycles. The van der Waals surface area contributed by atoms with Gasteiger partial charge in [0.05, 0.1) is 23.4 Å². The lowest BCUT2D eigenvalue weighted by Crippen LogP contribution is -1.91. The van der Waals surface area contributed by atoms with E-state index < -0.39 is 5.82 Å². The maximum atomic E-state index is 13.7. The van der Waals surface area contributed by atoms with E-state index in [0.717, 1.165) is 33.4 Å². The number of fused-ring (bicyclic) bond motifs is 2. The fraction of sp³-hybridized carbons (Fsp3) is 0.0625. The Morgan fingerprint density at radius 3 is 2.33 bits per heavy atom. The Morgan fingerprint density at radius 2 is 1.60 bits per heavy atom. The molecule has 0 saturated heterocycles. The molecular formula is C32H25FN8O2. The van der Waals surface area contributed by atoms with Crippen molar-refractivity contribution in [1.82, 2.24) is 35.1 Å². The largest absolute Gasteiger partial charge is 0.373 e. The number of carbonyl (C=O) groups excluding carboxylic acids is 2. The van der Waals surface area contributed by atoms with E-state index in [1.807, 2.05) is 49.5 Å². The molecule has 3 N–H and O–H groups in total. The lowest BCUT2D eigenvalue weighted by atomic mass is 10.0. The van der Waals surface area contributed by atoms with Gasteiger partial charge in [0.15, 0.2) is 5.82 Å². The van der Waals surface area contributed by atoms with Crippen LogP contribution in [0.4, 0.5) is 10.2 Å². The minimum Gasteiger partial charge on any atom is -0.373 e. The molecule has 0 aliphatic heterocycles. The lowest BCUT2D eigenvalue weighted by Gasteiger charge is -2.05. The SMILES string of the molecule is CNc1cc(-c2ccc3[nH]nc(-c4nc5c(-c6cncc(F)c6)cncc5[nH]4)c3c2)ccn1.Cc1ccccc1.O=C=O. The Bertz CT molecular complexity index is 2030. The third-order valence-corrected chi connectivity index (χ3v) is 6.49. The highest BCUT2D eigenvalue weighted by atomic mass is 19.1. The van der Waals surface area contributed by atoms with Gasteiger partial charge in [-0.3, -0.25) is 15.1 Å². The van der Waals surface area contributed by atoms with E-state index >= 15 is 0 Å². The molecule has 11 heteroatoms. The van der Waals surface area contributed by atoms with Gasteiger partial charge in [0, 0.05) is 42.2 Å². The summed E-state index contributed by atoms with van der Waals surface area (Å²) in [6, 6.07) is 21.7. The van der Waals surface area contributed by atoms with Crippen LogP contribution in [0.15, 0.2) is 97.7 Å². The highest BCUT2D eigenvalue weighted by Gasteiger charge is 2.16. The lowest BCUT2D eigenvalue weighted by molar-refractivity contribution is -0.191. The third-order valence-electron chi connectivity index (χ3n) is 6.49. The van der Waals surface area contributed by atoms with Crippen molar-refractivity contribution in [3.63, 3.8) is 0 Å². The number of aromatic nitrogens is 7. The van der Waals surface area contributed by atoms with E-state index in [0.29, 0.717) is 28.2 Å². The van der Waals surface area contributed by atoms with Gasteiger partial charge in [0.25, 0.3) is 0 Å². The average Bonchev–Trinajstić information content (AvgIpc) is 3.66. The van der Waals surface area contributed by atoms with Crippen molar-refractivity contribution in [2.24, 2.45) is 0 Å². The zero-order valence-electron chi connectivity index (χ0n) is 23.2. The number of benzene rings is 2. The smallest absolute Gasteiger partial charge is 0.373 e. The van der Waals surface area contributed by atoms with Gasteiger partial charge in [-0.1, -0.05) is 42.0 Å². The quantitative estimate of drug-likeness (QED) is 0.226. The first-order valence-electron chi connectivity index (χ1n) is 13.1. The molecule has 10 nitrogen and oxygen atoms in total. The molecule has 0 fully saturated rings. The Labute approximate surface area is 245 Å². The van der Waals surface area contributed by atoms with Gasteiger partial charge < -0.3 is 10.3 Å². The van der Waals surface area contributed by atoms with E-state index in [4.69, 9.17) is 14.6 Å². The third kappa shape index (κ3) is 6.48. The molecule has 7 rings (SSSR count). The van der Waals surface area contributed by atoms with Crippen molar-refractivity contribution >= 4 is 33.9 Å². The van der Waals surface area contributed by atoms with Gasteiger partial charge in [-0.25, -0.2) is 14.4 Å². The minimum atomic E-state index is -0.413. The second-order valence-corrected chi connectivity index (χ2v) is 9.31. The predicted octanol–water partition coefficient (Wildman–Crippen LogP) is 6.22. The molecule has 7 aromatic rings. The maximum absolute atomic E-state index is 13.7. The van der Waals surface area contributed by atoms with Crippen LogP contribution in [0.1, 0.15) is 5.56 Å². The maximum Gasteiger partial charge on any atom is 0.373 e. The van der Waals surface area contributed by atoms with E-state index in [1.54, 1.807) is 24.8 Å². The topological polar surface area (TPSA) is 142 Å². The number of pyridine rings is 3. The van der Waals surface area contributed by atoms with Gasteiger partial charge >= 0.3 is 6.15 Å². The number of nitrogens with one attached hydrogen (secondary N) is 3. The van der Waals surface area contributed by atoms with E-state index in [2.05, 4.69) is 60.6 Å². The van der Waals surface area contributed by atoms with Crippen LogP contribution >= 0.6 is 0 Å². The molecule has 43 heavy (non-hydrogen) atoms. The number of aryl methyl sites for hydroxylation is 1. The van der Waals surface area contributed by atoms with E-state index in [-0.39, 0.29) is 6.15 Å². The molecule has 212 valence electrons. The first-order valence-corrected chi connectivity index (χ1v) is 13.1. The normalized spacial score (nSPS) is 10.3. The summed E-state index contributed by atoms with van der Waals surface area (Å²) < 4.78 is 13.7. The number of H-pyrrole nitrogens is 2. The molecule has 5 heterocycles. The Balaban J connectivity index is 0.000000317. The van der Waals surface area contributed by atoms with Gasteiger partial charge in [-0.2, -0.15) is 14.7 Å². The molecule has 0 atom stereocenters. The van der Waals surface area contributed by atoms with Crippen LogP contribution in [0.25, 0.3) is 55.7 Å². The zero-order valence-corrected chi connectivity index (χ0v) is 23.2. The first-order chi connectivity index (χ1) is 21.0. The number of halogens is 1. The summed E-state index contributed by atoms with van der Waals surface area (Å²) in [4.78, 5) is 36.9. The number of imidazole rings is 1. The van der Waals surface area contributed by atoms with Gasteiger partial charge in [-0.15, -0.1) is 0 Å². The van der Waals surface area contributed by atoms with Gasteiger partial charge in [-0.05, 0) is 48.4 Å². The van der Waals surface area contributed by atoms with Crippen molar-refractivity contribution < 1.29 is 14.0 Å². The van der Waals surface area contributed by atoms with Gasteiger partial charge in [0.1, 0.15) is 22.8 Å². The Kier molecular flexibility index (Phi) is 8.65. The standard InChI is InChI=1S/C24H17FN8.C7H8.CO2/c1-26-21-8-14(4-5-29-21)13-2-3-19-17(7-13)23(33-32-19)24-30-20-12-28-11-18(22(20)31-24)15-6-16(25)10-27-9-15;1-7-5-3-2-4-6-7;2-1-3/h2-12H,1H3,(H,26,29)(H,30,31)(H,32,33);2-6H,1H3;. The number of nitrogens with zero attached hydrogens (tertiary/aromatic N) is 5. The van der Waals surface area contributed by atoms with Crippen LogP contribution in [0, 0.1) is 12.7 Å². The van der Waals surface area contributed by atoms with Crippen LogP contribution in [0.2, 0.25) is 0 Å². The van der Waals surface area contributed by atoms with Crippen LogP contribution in [0.3, 0.4) is 0 Å². The Hall–Kier alpha value is -6.06. The van der Waals surface area contributed by atoms with E-state index in [1.165, 1.54) is 17.8 Å². The molecule has 0 amide bonds. The summed E-state index contributed by atoms with van der Waals surface area (Å²) in [5, 5.41) is 11.6. The van der Waals surface area contributed by atoms with Crippen molar-refractivity contribution in [3.8, 4) is 33.8 Å². The summed E-state index contributed by atoms with van der Waals surface area (Å²) in [7, 11) is 1.84. The molecule has 0 radical (unpaired) electrons. The predicted molar refractivity (Wildman–Crippen MR) is 161 cm³/mol. The van der Waals surface area contributed by atoms with Crippen molar-refractivity contribution in [3.05, 3.63) is 109 Å². The van der Waals surface area contributed by atoms with Crippen LogP contribution in [0.5, 0.6) is 0 Å². The molecule has 2 aromatic carbocycles. The zero-order chi connectivity index (χ0) is 30.2. The minimum absolute atomic E-state index is 0.250. The van der Waals surface area contributed by atoms with Crippen LogP contribution in [-0.4, -0.2) is 48.3 Å². The average molecular weight is 573 g/mol. The summed E-state index contributed by atoms with van der Waals surface area (Å²) in [6.45, 7) is 2.08. The van der Waals surface area contributed by atoms with E-state index in [9.17, 15) is 4.39 Å². The molecule has 0 bridgehead atoms. The number of hydrogen-bond donors (Lipinski definition) is 3. The fourth-order valence-corrected chi connectivity index (χ4v) is 4.47. The highest BCUT2D eigenvalue weighted by Crippen LogP contribution is 2.33. The second-order valence-electron chi connectivity index (χ2n) is 9.31. The molecule has 0 aliphatic carbocycles. The first kappa shape index (κ1) is 28.5. The molecule has 0 spiro atoms. The monoisotopic (exact) mass is 572 g/mol. The summed E-state index contributed by atoms with van der Waals surface area (Å²) in [5.74, 6) is 0.977. The molecule has 0 saturated carbocycles. The van der Waals surface area contributed by atoms with Crippen LogP contribution in [-0.2, 0) is 9.59 Å². The number of hydrogen-bond acceptors (Lipinski definition) is 8. The number of anilines is 1.